The summed E-state index contributed by atoms with van der Waals surface area (Å²) in [5, 5.41) is 12.6. The van der Waals surface area contributed by atoms with Crippen LogP contribution in [0.3, 0.4) is 0 Å². The van der Waals surface area contributed by atoms with E-state index in [1.54, 1.807) is 25.6 Å². The van der Waals surface area contributed by atoms with Crippen LogP contribution in [-0.2, 0) is 6.54 Å². The zero-order valence-electron chi connectivity index (χ0n) is 12.3. The number of hydrogen-bond donors (Lipinski definition) is 1. The first-order chi connectivity index (χ1) is 10.1. The summed E-state index contributed by atoms with van der Waals surface area (Å²) < 4.78 is 13.6. The van der Waals surface area contributed by atoms with Crippen molar-refractivity contribution in [3.63, 3.8) is 0 Å². The Bertz CT molecular complexity index is 681. The average molecular weight is 300 g/mol. The number of nitrogens with zero attached hydrogens (tertiary/aromatic N) is 1. The molecule has 0 aliphatic carbocycles. The Labute approximate surface area is 129 Å². The number of hydrogen-bond acceptors (Lipinski definition) is 3. The van der Waals surface area contributed by atoms with Crippen molar-refractivity contribution in [1.82, 2.24) is 0 Å². The normalized spacial score (nSPS) is 10.2. The fourth-order valence-corrected chi connectivity index (χ4v) is 2.87. The Balaban J connectivity index is 2.23. The molecule has 2 nitrogen and oxygen atoms in total. The summed E-state index contributed by atoms with van der Waals surface area (Å²) in [5.74, 6) is -0.152. The number of nitrogens with one attached hydrogen (secondary N) is 1. The lowest BCUT2D eigenvalue weighted by molar-refractivity contribution is 0.608. The highest BCUT2D eigenvalue weighted by molar-refractivity contribution is 7.98. The van der Waals surface area contributed by atoms with Crippen molar-refractivity contribution in [1.29, 1.82) is 5.26 Å². The summed E-state index contributed by atoms with van der Waals surface area (Å²) in [7, 11) is 0. The number of rotatable bonds is 4. The average Bonchev–Trinajstić information content (AvgIpc) is 2.49. The summed E-state index contributed by atoms with van der Waals surface area (Å²) in [4.78, 5) is 0.953. The van der Waals surface area contributed by atoms with Gasteiger partial charge < -0.3 is 5.32 Å². The summed E-state index contributed by atoms with van der Waals surface area (Å²) in [6, 6.07) is 11.7. The molecule has 0 saturated heterocycles. The van der Waals surface area contributed by atoms with Gasteiger partial charge in [-0.2, -0.15) is 5.26 Å². The van der Waals surface area contributed by atoms with Crippen LogP contribution in [0.15, 0.2) is 35.2 Å². The quantitative estimate of drug-likeness (QED) is 0.835. The third-order valence-corrected chi connectivity index (χ3v) is 4.12. The lowest BCUT2D eigenvalue weighted by Gasteiger charge is -2.12. The van der Waals surface area contributed by atoms with Gasteiger partial charge in [-0.25, -0.2) is 4.39 Å². The zero-order chi connectivity index (χ0) is 15.4. The number of aryl methyl sites for hydroxylation is 2. The van der Waals surface area contributed by atoms with Gasteiger partial charge in [-0.15, -0.1) is 11.8 Å². The van der Waals surface area contributed by atoms with Crippen molar-refractivity contribution in [2.45, 2.75) is 25.3 Å². The van der Waals surface area contributed by atoms with E-state index in [1.165, 1.54) is 0 Å². The Kier molecular flexibility index (Phi) is 4.87. The highest BCUT2D eigenvalue weighted by Gasteiger charge is 2.08. The van der Waals surface area contributed by atoms with Gasteiger partial charge in [0.15, 0.2) is 0 Å². The third kappa shape index (κ3) is 3.37. The van der Waals surface area contributed by atoms with Crippen molar-refractivity contribution in [3.8, 4) is 6.07 Å². The second kappa shape index (κ2) is 6.64. The van der Waals surface area contributed by atoms with E-state index in [4.69, 9.17) is 0 Å². The Morgan fingerprint density at radius 3 is 2.48 bits per heavy atom. The molecule has 0 unspecified atom stereocenters. The van der Waals surface area contributed by atoms with Gasteiger partial charge in [-0.3, -0.25) is 0 Å². The minimum absolute atomic E-state index is 0.152. The minimum atomic E-state index is -0.152. The molecular weight excluding hydrogens is 283 g/mol. The third-order valence-electron chi connectivity index (χ3n) is 3.34. The molecule has 0 amide bonds. The topological polar surface area (TPSA) is 35.8 Å². The largest absolute Gasteiger partial charge is 0.380 e. The van der Waals surface area contributed by atoms with Crippen LogP contribution in [0.4, 0.5) is 10.1 Å². The molecule has 0 saturated carbocycles. The number of nitriles is 1. The maximum absolute atomic E-state index is 13.6. The zero-order valence-corrected chi connectivity index (χ0v) is 13.1. The molecule has 2 aromatic carbocycles. The summed E-state index contributed by atoms with van der Waals surface area (Å²) >= 11 is 1.55. The maximum atomic E-state index is 13.6. The predicted molar refractivity (Wildman–Crippen MR) is 86.1 cm³/mol. The highest BCUT2D eigenvalue weighted by Crippen LogP contribution is 2.26. The van der Waals surface area contributed by atoms with Gasteiger partial charge in [0.2, 0.25) is 0 Å². The molecule has 2 aromatic rings. The van der Waals surface area contributed by atoms with E-state index in [0.717, 1.165) is 16.1 Å². The van der Waals surface area contributed by atoms with Crippen LogP contribution in [-0.4, -0.2) is 6.26 Å². The van der Waals surface area contributed by atoms with Crippen molar-refractivity contribution in [2.24, 2.45) is 0 Å². The van der Waals surface area contributed by atoms with Gasteiger partial charge >= 0.3 is 0 Å². The molecule has 0 spiro atoms. The molecule has 0 radical (unpaired) electrons. The lowest BCUT2D eigenvalue weighted by Crippen LogP contribution is -2.03. The molecule has 108 valence electrons. The lowest BCUT2D eigenvalue weighted by atomic mass is 10.1. The second-order valence-corrected chi connectivity index (χ2v) is 5.74. The van der Waals surface area contributed by atoms with Crippen LogP contribution in [0.1, 0.15) is 22.3 Å². The van der Waals surface area contributed by atoms with E-state index >= 15 is 0 Å². The molecule has 0 heterocycles. The Morgan fingerprint density at radius 1 is 1.24 bits per heavy atom. The standard InChI is InChI=1S/C17H17FN2S/c1-11-7-13(8-12(2)17(11)18)10-20-15-5-4-6-16(21-3)14(15)9-19/h4-8,20H,10H2,1-3H3. The monoisotopic (exact) mass is 300 g/mol. The first-order valence-corrected chi connectivity index (χ1v) is 7.86. The van der Waals surface area contributed by atoms with Crippen molar-refractivity contribution in [2.75, 3.05) is 11.6 Å². The minimum Gasteiger partial charge on any atom is -0.380 e. The molecule has 1 N–H and O–H groups in total. The summed E-state index contributed by atoms with van der Waals surface area (Å²) in [6.07, 6.45) is 1.95. The molecule has 4 heteroatoms. The van der Waals surface area contributed by atoms with Crippen molar-refractivity contribution < 1.29 is 4.39 Å². The van der Waals surface area contributed by atoms with Crippen molar-refractivity contribution >= 4 is 17.4 Å². The molecule has 0 aliphatic heterocycles. The fourth-order valence-electron chi connectivity index (χ4n) is 2.30. The molecule has 21 heavy (non-hydrogen) atoms. The number of thioether (sulfide) groups is 1. The predicted octanol–water partition coefficient (Wildman–Crippen LogP) is 4.65. The highest BCUT2D eigenvalue weighted by atomic mass is 32.2. The van der Waals surface area contributed by atoms with Gasteiger partial charge in [0.1, 0.15) is 11.9 Å². The Morgan fingerprint density at radius 2 is 1.90 bits per heavy atom. The van der Waals surface area contributed by atoms with E-state index in [0.29, 0.717) is 23.2 Å². The van der Waals surface area contributed by atoms with Crippen LogP contribution in [0.2, 0.25) is 0 Å². The number of benzene rings is 2. The molecule has 0 aliphatic rings. The van der Waals surface area contributed by atoms with Gasteiger partial charge in [0, 0.05) is 11.4 Å². The van der Waals surface area contributed by atoms with Gasteiger partial charge in [0.05, 0.1) is 11.3 Å². The van der Waals surface area contributed by atoms with Crippen LogP contribution in [0.5, 0.6) is 0 Å². The van der Waals surface area contributed by atoms with Crippen LogP contribution in [0.25, 0.3) is 0 Å². The van der Waals surface area contributed by atoms with Crippen LogP contribution >= 0.6 is 11.8 Å². The van der Waals surface area contributed by atoms with Crippen molar-refractivity contribution in [3.05, 3.63) is 58.4 Å². The number of anilines is 1. The first-order valence-electron chi connectivity index (χ1n) is 6.63. The molecule has 2 rings (SSSR count). The molecule has 0 bridgehead atoms. The molecular formula is C17H17FN2S. The van der Waals surface area contributed by atoms with Crippen LogP contribution < -0.4 is 5.32 Å². The fraction of sp³-hybridized carbons (Fsp3) is 0.235. The van der Waals surface area contributed by atoms with E-state index in [-0.39, 0.29) is 5.82 Å². The summed E-state index contributed by atoms with van der Waals surface area (Å²) in [5.41, 5.74) is 3.75. The number of halogens is 1. The molecule has 0 atom stereocenters. The van der Waals surface area contributed by atoms with Gasteiger partial charge in [0.25, 0.3) is 0 Å². The van der Waals surface area contributed by atoms with Crippen LogP contribution in [0, 0.1) is 31.0 Å². The van der Waals surface area contributed by atoms with Gasteiger partial charge in [-0.1, -0.05) is 18.2 Å². The van der Waals surface area contributed by atoms with Gasteiger partial charge in [-0.05, 0) is 48.9 Å². The van der Waals surface area contributed by atoms with E-state index < -0.39 is 0 Å². The molecule has 0 fully saturated rings. The maximum Gasteiger partial charge on any atom is 0.129 e. The van der Waals surface area contributed by atoms with E-state index in [9.17, 15) is 9.65 Å². The smallest absolute Gasteiger partial charge is 0.129 e. The molecule has 0 aromatic heterocycles. The SMILES string of the molecule is CSc1cccc(NCc2cc(C)c(F)c(C)c2)c1C#N. The first kappa shape index (κ1) is 15.4. The second-order valence-electron chi connectivity index (χ2n) is 4.89. The van der Waals surface area contributed by atoms with E-state index in [2.05, 4.69) is 11.4 Å². The summed E-state index contributed by atoms with van der Waals surface area (Å²) in [6.45, 7) is 4.09. The van der Waals surface area contributed by atoms with E-state index in [1.807, 2.05) is 36.6 Å². The Hall–Kier alpha value is -1.99.